The molecule has 1 amide bonds. The second-order valence-electron chi connectivity index (χ2n) is 8.08. The van der Waals surface area contributed by atoms with Crippen molar-refractivity contribution in [2.24, 2.45) is 7.05 Å². The number of hydrogen-bond donors (Lipinski definition) is 2. The normalized spacial score (nSPS) is 13.1. The molecule has 0 radical (unpaired) electrons. The third kappa shape index (κ3) is 6.27. The molecule has 2 aromatic carbocycles. The fourth-order valence-electron chi connectivity index (χ4n) is 3.92. The van der Waals surface area contributed by atoms with Crippen molar-refractivity contribution in [1.82, 2.24) is 9.47 Å². The predicted molar refractivity (Wildman–Crippen MR) is 123 cm³/mol. The second kappa shape index (κ2) is 10.7. The van der Waals surface area contributed by atoms with E-state index in [0.717, 1.165) is 43.0 Å². The van der Waals surface area contributed by atoms with Gasteiger partial charge in [-0.2, -0.15) is 13.2 Å². The highest BCUT2D eigenvalue weighted by Gasteiger charge is 2.38. The molecule has 2 heterocycles. The second-order valence-corrected chi connectivity index (χ2v) is 8.08. The summed E-state index contributed by atoms with van der Waals surface area (Å²) >= 11 is 0. The van der Waals surface area contributed by atoms with E-state index in [0.29, 0.717) is 5.69 Å². The van der Waals surface area contributed by atoms with Gasteiger partial charge in [0.1, 0.15) is 11.5 Å². The molecule has 0 fully saturated rings. The molecular weight excluding hydrogens is 466 g/mol. The lowest BCUT2D eigenvalue weighted by Gasteiger charge is -2.13. The summed E-state index contributed by atoms with van der Waals surface area (Å²) in [6, 6.07) is 16.1. The number of benzene rings is 2. The first-order chi connectivity index (χ1) is 16.5. The van der Waals surface area contributed by atoms with Crippen LogP contribution in [0.1, 0.15) is 35.0 Å². The smallest absolute Gasteiger partial charge is 0.475 e. The fourth-order valence-corrected chi connectivity index (χ4v) is 3.92. The van der Waals surface area contributed by atoms with Crippen molar-refractivity contribution in [3.63, 3.8) is 0 Å². The molecular formula is C25H25F4N3O3. The van der Waals surface area contributed by atoms with Crippen LogP contribution in [0.25, 0.3) is 11.3 Å². The highest BCUT2D eigenvalue weighted by atomic mass is 19.4. The summed E-state index contributed by atoms with van der Waals surface area (Å²) in [6.45, 7) is 5.04. The summed E-state index contributed by atoms with van der Waals surface area (Å²) in [6.07, 6.45) is -3.97. The summed E-state index contributed by atoms with van der Waals surface area (Å²) in [4.78, 5) is 24.2. The largest absolute Gasteiger partial charge is 0.490 e. The maximum Gasteiger partial charge on any atom is 0.490 e. The molecule has 2 N–H and O–H groups in total. The molecule has 3 aromatic rings. The number of nitrogens with one attached hydrogen (secondary N) is 1. The van der Waals surface area contributed by atoms with Gasteiger partial charge in [-0.05, 0) is 72.1 Å². The highest BCUT2D eigenvalue weighted by molar-refractivity contribution is 6.04. The van der Waals surface area contributed by atoms with Gasteiger partial charge in [-0.25, -0.2) is 9.18 Å². The number of carbonyl (C=O) groups excluding carboxylic acids is 1. The Labute approximate surface area is 199 Å². The van der Waals surface area contributed by atoms with E-state index >= 15 is 0 Å². The van der Waals surface area contributed by atoms with Gasteiger partial charge in [-0.3, -0.25) is 9.69 Å². The molecule has 0 aliphatic carbocycles. The molecule has 0 bridgehead atoms. The third-order valence-corrected chi connectivity index (χ3v) is 5.57. The maximum absolute atomic E-state index is 13.2. The third-order valence-electron chi connectivity index (χ3n) is 5.57. The zero-order valence-corrected chi connectivity index (χ0v) is 19.2. The van der Waals surface area contributed by atoms with Crippen molar-refractivity contribution in [3.05, 3.63) is 77.2 Å². The van der Waals surface area contributed by atoms with Gasteiger partial charge in [0.05, 0.1) is 0 Å². The lowest BCUT2D eigenvalue weighted by atomic mass is 10.1. The van der Waals surface area contributed by atoms with Gasteiger partial charge in [0, 0.05) is 31.5 Å². The lowest BCUT2D eigenvalue weighted by Crippen LogP contribution is -2.21. The first kappa shape index (κ1) is 26.0. The molecule has 0 atom stereocenters. The maximum atomic E-state index is 13.2. The summed E-state index contributed by atoms with van der Waals surface area (Å²) in [5.74, 6) is -3.17. The van der Waals surface area contributed by atoms with E-state index < -0.39 is 12.1 Å². The molecule has 6 nitrogen and oxygen atoms in total. The van der Waals surface area contributed by atoms with Gasteiger partial charge in [0.15, 0.2) is 0 Å². The van der Waals surface area contributed by atoms with Crippen molar-refractivity contribution in [1.29, 1.82) is 0 Å². The van der Waals surface area contributed by atoms with E-state index in [1.54, 1.807) is 18.2 Å². The number of amides is 1. The topological polar surface area (TPSA) is 74.6 Å². The van der Waals surface area contributed by atoms with Crippen molar-refractivity contribution >= 4 is 17.6 Å². The fraction of sp³-hybridized carbons (Fsp3) is 0.280. The minimum Gasteiger partial charge on any atom is -0.475 e. The van der Waals surface area contributed by atoms with Crippen LogP contribution in [0.3, 0.4) is 0 Å². The monoisotopic (exact) mass is 491 g/mol. The van der Waals surface area contributed by atoms with Gasteiger partial charge >= 0.3 is 12.1 Å². The summed E-state index contributed by atoms with van der Waals surface area (Å²) in [5.41, 5.74) is 5.68. The molecule has 1 aromatic heterocycles. The molecule has 35 heavy (non-hydrogen) atoms. The minimum absolute atomic E-state index is 0.141. The summed E-state index contributed by atoms with van der Waals surface area (Å²) < 4.78 is 46.8. The van der Waals surface area contributed by atoms with Crippen LogP contribution in [0.2, 0.25) is 0 Å². The van der Waals surface area contributed by atoms with E-state index in [9.17, 15) is 22.4 Å². The number of nitrogens with zero attached hydrogens (tertiary/aromatic N) is 2. The number of carbonyl (C=O) groups is 2. The number of aliphatic carboxylic acids is 1. The number of anilines is 1. The van der Waals surface area contributed by atoms with Gasteiger partial charge in [-0.15, -0.1) is 0 Å². The van der Waals surface area contributed by atoms with Crippen molar-refractivity contribution in [2.75, 3.05) is 11.9 Å². The van der Waals surface area contributed by atoms with Crippen LogP contribution in [-0.4, -0.2) is 39.2 Å². The van der Waals surface area contributed by atoms with Crippen molar-refractivity contribution in [2.45, 2.75) is 32.6 Å². The van der Waals surface area contributed by atoms with Crippen LogP contribution in [0.4, 0.5) is 23.2 Å². The van der Waals surface area contributed by atoms with Gasteiger partial charge in [0.2, 0.25) is 0 Å². The number of halogens is 4. The zero-order valence-electron chi connectivity index (χ0n) is 19.2. The number of carboxylic acids is 1. The van der Waals surface area contributed by atoms with Gasteiger partial charge < -0.3 is 15.0 Å². The van der Waals surface area contributed by atoms with E-state index in [4.69, 9.17) is 9.90 Å². The first-order valence-electron chi connectivity index (χ1n) is 10.9. The summed E-state index contributed by atoms with van der Waals surface area (Å²) in [5, 5.41) is 10.2. The van der Waals surface area contributed by atoms with Crippen LogP contribution < -0.4 is 5.32 Å². The molecule has 0 unspecified atom stereocenters. The van der Waals surface area contributed by atoms with Crippen LogP contribution in [0.5, 0.6) is 0 Å². The number of alkyl halides is 3. The quantitative estimate of drug-likeness (QED) is 0.466. The van der Waals surface area contributed by atoms with Gasteiger partial charge in [0.25, 0.3) is 5.91 Å². The average molecular weight is 491 g/mol. The van der Waals surface area contributed by atoms with Crippen LogP contribution in [-0.2, 0) is 24.9 Å². The Morgan fingerprint density at radius 3 is 2.29 bits per heavy atom. The van der Waals surface area contributed by atoms with E-state index in [1.807, 2.05) is 29.8 Å². The molecule has 0 spiro atoms. The summed E-state index contributed by atoms with van der Waals surface area (Å²) in [7, 11) is 1.85. The molecule has 0 saturated heterocycles. The minimum atomic E-state index is -5.08. The molecule has 4 rings (SSSR count). The Hall–Kier alpha value is -3.66. The Kier molecular flexibility index (Phi) is 7.96. The molecule has 0 saturated carbocycles. The predicted octanol–water partition coefficient (Wildman–Crippen LogP) is 5.44. The van der Waals surface area contributed by atoms with Crippen LogP contribution in [0, 0.1) is 5.82 Å². The standard InChI is InChI=1S/C23H24FN3O.C2HF3O2/c1-3-13-27-14-17-5-4-6-20(19(17)15-27)25-23(28)22-12-11-21(26(22)2)16-7-9-18(24)10-8-16;3-2(4,5)1(6)7/h4-12H,3,13-15H2,1-2H3,(H,25,28);(H,6,7). The number of rotatable bonds is 5. The number of fused-ring (bicyclic) bond motifs is 1. The number of carboxylic acid groups (broad SMARTS) is 1. The van der Waals surface area contributed by atoms with Crippen molar-refractivity contribution in [3.8, 4) is 11.3 Å². The zero-order chi connectivity index (χ0) is 25.8. The lowest BCUT2D eigenvalue weighted by molar-refractivity contribution is -0.192. The highest BCUT2D eigenvalue weighted by Crippen LogP contribution is 2.30. The number of hydrogen-bond acceptors (Lipinski definition) is 3. The Balaban J connectivity index is 0.000000429. The molecule has 10 heteroatoms. The van der Waals surface area contributed by atoms with E-state index in [2.05, 4.69) is 23.2 Å². The molecule has 1 aliphatic rings. The number of aromatic nitrogens is 1. The van der Waals surface area contributed by atoms with Crippen LogP contribution in [0.15, 0.2) is 54.6 Å². The van der Waals surface area contributed by atoms with Crippen molar-refractivity contribution < 1.29 is 32.3 Å². The van der Waals surface area contributed by atoms with E-state index in [1.165, 1.54) is 23.3 Å². The van der Waals surface area contributed by atoms with Crippen LogP contribution >= 0.6 is 0 Å². The van der Waals surface area contributed by atoms with E-state index in [-0.39, 0.29) is 11.7 Å². The average Bonchev–Trinajstić information content (AvgIpc) is 3.38. The first-order valence-corrected chi connectivity index (χ1v) is 10.9. The molecule has 186 valence electrons. The van der Waals surface area contributed by atoms with Gasteiger partial charge in [-0.1, -0.05) is 19.1 Å². The SMILES string of the molecule is CCCN1Cc2cccc(NC(=O)c3ccc(-c4ccc(F)cc4)n3C)c2C1.O=C(O)C(F)(F)F. The molecule has 1 aliphatic heterocycles. The Morgan fingerprint density at radius 1 is 1.03 bits per heavy atom. The Bertz CT molecular complexity index is 1200. The Morgan fingerprint density at radius 2 is 1.69 bits per heavy atom.